The highest BCUT2D eigenvalue weighted by Crippen LogP contribution is 2.38. The number of aryl methyl sites for hydroxylation is 1. The van der Waals surface area contributed by atoms with E-state index in [1.54, 1.807) is 17.1 Å². The monoisotopic (exact) mass is 364 g/mol. The van der Waals surface area contributed by atoms with Crippen LogP contribution < -0.4 is 4.74 Å². The van der Waals surface area contributed by atoms with Gasteiger partial charge in [-0.25, -0.2) is 0 Å². The lowest BCUT2D eigenvalue weighted by molar-refractivity contribution is -0.125. The first kappa shape index (κ1) is 19.0. The standard InChI is InChI=1S/C23H28N2O2/c1-5-14-27-22-11-6-19(7-12-22)16-24(4)23(26)13-8-20-15-17(2)25(18(20)3)21-9-10-21/h5-8,11-13,15,21H,1,9-10,14,16H2,2-4H3/b13-8+. The van der Waals surface area contributed by atoms with E-state index in [1.807, 2.05) is 37.4 Å². The first-order valence-electron chi connectivity index (χ1n) is 9.44. The van der Waals surface area contributed by atoms with Gasteiger partial charge in [0.25, 0.3) is 0 Å². The zero-order valence-electron chi connectivity index (χ0n) is 16.4. The predicted octanol–water partition coefficient (Wildman–Crippen LogP) is 4.68. The molecular formula is C23H28N2O2. The number of carbonyl (C=O) groups excluding carboxylic acids is 1. The molecule has 1 heterocycles. The minimum absolute atomic E-state index is 0.00166. The van der Waals surface area contributed by atoms with E-state index in [1.165, 1.54) is 24.2 Å². The maximum atomic E-state index is 12.5. The fraction of sp³-hybridized carbons (Fsp3) is 0.348. The first-order chi connectivity index (χ1) is 13.0. The molecule has 1 aromatic carbocycles. The summed E-state index contributed by atoms with van der Waals surface area (Å²) in [5.41, 5.74) is 4.72. The molecule has 0 bridgehead atoms. The van der Waals surface area contributed by atoms with Crippen LogP contribution in [0.15, 0.2) is 49.1 Å². The van der Waals surface area contributed by atoms with Crippen LogP contribution in [0, 0.1) is 13.8 Å². The Morgan fingerprint density at radius 2 is 2.00 bits per heavy atom. The molecule has 3 rings (SSSR count). The molecule has 0 aliphatic heterocycles. The smallest absolute Gasteiger partial charge is 0.246 e. The van der Waals surface area contributed by atoms with E-state index in [0.29, 0.717) is 19.2 Å². The van der Waals surface area contributed by atoms with E-state index in [4.69, 9.17) is 4.74 Å². The van der Waals surface area contributed by atoms with Gasteiger partial charge in [-0.1, -0.05) is 24.8 Å². The normalized spacial score (nSPS) is 13.7. The van der Waals surface area contributed by atoms with E-state index in [9.17, 15) is 4.79 Å². The van der Waals surface area contributed by atoms with Gasteiger partial charge in [-0.15, -0.1) is 0 Å². The molecule has 0 atom stereocenters. The SMILES string of the molecule is C=CCOc1ccc(CN(C)C(=O)/C=C/c2cc(C)n(C3CC3)c2C)cc1. The Balaban J connectivity index is 1.59. The fourth-order valence-electron chi connectivity index (χ4n) is 3.35. The molecule has 1 aliphatic carbocycles. The van der Waals surface area contributed by atoms with Crippen molar-refractivity contribution < 1.29 is 9.53 Å². The van der Waals surface area contributed by atoms with Gasteiger partial charge in [0.2, 0.25) is 5.91 Å². The summed E-state index contributed by atoms with van der Waals surface area (Å²) < 4.78 is 7.88. The van der Waals surface area contributed by atoms with Crippen LogP contribution in [0.3, 0.4) is 0 Å². The molecule has 0 N–H and O–H groups in total. The predicted molar refractivity (Wildman–Crippen MR) is 110 cm³/mol. The molecule has 4 nitrogen and oxygen atoms in total. The van der Waals surface area contributed by atoms with Crippen molar-refractivity contribution in [1.29, 1.82) is 0 Å². The molecule has 0 saturated heterocycles. The summed E-state index contributed by atoms with van der Waals surface area (Å²) in [6, 6.07) is 10.6. The van der Waals surface area contributed by atoms with Crippen LogP contribution in [-0.2, 0) is 11.3 Å². The maximum Gasteiger partial charge on any atom is 0.246 e. The molecule has 1 saturated carbocycles. The number of hydrogen-bond acceptors (Lipinski definition) is 2. The molecule has 2 aromatic rings. The summed E-state index contributed by atoms with van der Waals surface area (Å²) in [6.07, 6.45) is 7.85. The van der Waals surface area contributed by atoms with Crippen molar-refractivity contribution in [2.24, 2.45) is 0 Å². The maximum absolute atomic E-state index is 12.5. The van der Waals surface area contributed by atoms with Gasteiger partial charge in [0.1, 0.15) is 12.4 Å². The summed E-state index contributed by atoms with van der Waals surface area (Å²) in [5.74, 6) is 0.803. The number of aromatic nitrogens is 1. The largest absolute Gasteiger partial charge is 0.490 e. The number of carbonyl (C=O) groups is 1. The van der Waals surface area contributed by atoms with Crippen molar-refractivity contribution in [1.82, 2.24) is 9.47 Å². The molecule has 27 heavy (non-hydrogen) atoms. The second kappa shape index (κ2) is 8.30. The number of benzene rings is 1. The Hall–Kier alpha value is -2.75. The quantitative estimate of drug-likeness (QED) is 0.504. The molecule has 0 spiro atoms. The average Bonchev–Trinajstić information content (AvgIpc) is 3.44. The van der Waals surface area contributed by atoms with Crippen LogP contribution >= 0.6 is 0 Å². The molecule has 0 unspecified atom stereocenters. The minimum Gasteiger partial charge on any atom is -0.490 e. The van der Waals surface area contributed by atoms with Crippen molar-refractivity contribution in [3.05, 3.63) is 71.6 Å². The highest BCUT2D eigenvalue weighted by atomic mass is 16.5. The van der Waals surface area contributed by atoms with E-state index in [0.717, 1.165) is 16.9 Å². The van der Waals surface area contributed by atoms with Gasteiger partial charge in [0.15, 0.2) is 0 Å². The summed E-state index contributed by atoms with van der Waals surface area (Å²) in [4.78, 5) is 14.2. The lowest BCUT2D eigenvalue weighted by Crippen LogP contribution is -2.24. The Kier molecular flexibility index (Phi) is 5.84. The number of amides is 1. The average molecular weight is 364 g/mol. The molecule has 142 valence electrons. The number of ether oxygens (including phenoxy) is 1. The lowest BCUT2D eigenvalue weighted by Gasteiger charge is -2.15. The van der Waals surface area contributed by atoms with E-state index in [-0.39, 0.29) is 5.91 Å². The van der Waals surface area contributed by atoms with Crippen LogP contribution in [0.25, 0.3) is 6.08 Å². The van der Waals surface area contributed by atoms with Crippen molar-refractivity contribution in [3.63, 3.8) is 0 Å². The Labute approximate surface area is 161 Å². The Morgan fingerprint density at radius 1 is 1.30 bits per heavy atom. The minimum atomic E-state index is -0.00166. The second-order valence-electron chi connectivity index (χ2n) is 7.20. The second-order valence-corrected chi connectivity index (χ2v) is 7.20. The van der Waals surface area contributed by atoms with Gasteiger partial charge in [0.05, 0.1) is 0 Å². The number of hydrogen-bond donors (Lipinski definition) is 0. The number of rotatable bonds is 8. The van der Waals surface area contributed by atoms with Crippen LogP contribution in [0.4, 0.5) is 0 Å². The fourth-order valence-corrected chi connectivity index (χ4v) is 3.35. The molecule has 1 aromatic heterocycles. The summed E-state index contributed by atoms with van der Waals surface area (Å²) in [6.45, 7) is 8.96. The zero-order valence-corrected chi connectivity index (χ0v) is 16.4. The molecule has 4 heteroatoms. The third-order valence-electron chi connectivity index (χ3n) is 4.93. The number of likely N-dealkylation sites (N-methyl/N-ethyl adjacent to an activating group) is 1. The Bertz CT molecular complexity index is 842. The van der Waals surface area contributed by atoms with Crippen LogP contribution in [-0.4, -0.2) is 29.0 Å². The molecular weight excluding hydrogens is 336 g/mol. The van der Waals surface area contributed by atoms with Crippen LogP contribution in [0.5, 0.6) is 5.75 Å². The molecule has 0 radical (unpaired) electrons. The van der Waals surface area contributed by atoms with E-state index < -0.39 is 0 Å². The summed E-state index contributed by atoms with van der Waals surface area (Å²) in [5, 5.41) is 0. The van der Waals surface area contributed by atoms with Gasteiger partial charge in [-0.3, -0.25) is 4.79 Å². The third-order valence-corrected chi connectivity index (χ3v) is 4.93. The Morgan fingerprint density at radius 3 is 2.63 bits per heavy atom. The van der Waals surface area contributed by atoms with Gasteiger partial charge in [-0.2, -0.15) is 0 Å². The van der Waals surface area contributed by atoms with Crippen LogP contribution in [0.2, 0.25) is 0 Å². The van der Waals surface area contributed by atoms with Crippen molar-refractivity contribution in [3.8, 4) is 5.75 Å². The third kappa shape index (κ3) is 4.70. The molecule has 1 aliphatic rings. The van der Waals surface area contributed by atoms with E-state index >= 15 is 0 Å². The van der Waals surface area contributed by atoms with Crippen LogP contribution in [0.1, 0.15) is 41.4 Å². The van der Waals surface area contributed by atoms with Gasteiger partial charge < -0.3 is 14.2 Å². The zero-order chi connectivity index (χ0) is 19.4. The summed E-state index contributed by atoms with van der Waals surface area (Å²) >= 11 is 0. The van der Waals surface area contributed by atoms with Crippen molar-refractivity contribution >= 4 is 12.0 Å². The summed E-state index contributed by atoms with van der Waals surface area (Å²) in [7, 11) is 1.82. The van der Waals surface area contributed by atoms with Gasteiger partial charge in [0, 0.05) is 37.1 Å². The first-order valence-corrected chi connectivity index (χ1v) is 9.44. The van der Waals surface area contributed by atoms with Gasteiger partial charge >= 0.3 is 0 Å². The molecule has 1 fully saturated rings. The topological polar surface area (TPSA) is 34.5 Å². The van der Waals surface area contributed by atoms with Crippen molar-refractivity contribution in [2.45, 2.75) is 39.3 Å². The highest BCUT2D eigenvalue weighted by Gasteiger charge is 2.26. The lowest BCUT2D eigenvalue weighted by atomic mass is 10.2. The molecule has 1 amide bonds. The van der Waals surface area contributed by atoms with Crippen molar-refractivity contribution in [2.75, 3.05) is 13.7 Å². The highest BCUT2D eigenvalue weighted by molar-refractivity contribution is 5.91. The van der Waals surface area contributed by atoms with E-state index in [2.05, 4.69) is 31.1 Å². The van der Waals surface area contributed by atoms with Gasteiger partial charge in [-0.05, 0) is 62.1 Å². The number of nitrogens with zero attached hydrogens (tertiary/aromatic N) is 2.